The van der Waals surface area contributed by atoms with Crippen LogP contribution in [0, 0.1) is 18.8 Å². The molecule has 0 aliphatic heterocycles. The molecule has 20 heavy (non-hydrogen) atoms. The summed E-state index contributed by atoms with van der Waals surface area (Å²) in [7, 11) is 0. The Kier molecular flexibility index (Phi) is 4.80. The Labute approximate surface area is 127 Å². The lowest BCUT2D eigenvalue weighted by Gasteiger charge is -2.42. The van der Waals surface area contributed by atoms with E-state index in [1.807, 2.05) is 11.6 Å². The maximum Gasteiger partial charge on any atom is 0.0848 e. The molecule has 1 aliphatic rings. The fourth-order valence-electron chi connectivity index (χ4n) is 3.75. The highest BCUT2D eigenvalue weighted by Crippen LogP contribution is 2.41. The third-order valence-corrected chi connectivity index (χ3v) is 5.29. The molecule has 2 rings (SSSR count). The number of rotatable bonds is 4. The average Bonchev–Trinajstić information content (AvgIpc) is 2.66. The van der Waals surface area contributed by atoms with Crippen LogP contribution in [-0.4, -0.2) is 20.5 Å². The van der Waals surface area contributed by atoms with Crippen LogP contribution in [0.2, 0.25) is 5.02 Å². The molecule has 1 aliphatic carbocycles. The molecular weight excluding hydrogens is 272 g/mol. The van der Waals surface area contributed by atoms with Crippen LogP contribution < -0.4 is 0 Å². The lowest BCUT2D eigenvalue weighted by atomic mass is 9.68. The average molecular weight is 299 g/mol. The Morgan fingerprint density at radius 3 is 2.75 bits per heavy atom. The van der Waals surface area contributed by atoms with Crippen molar-refractivity contribution in [3.8, 4) is 0 Å². The zero-order valence-corrected chi connectivity index (χ0v) is 13.9. The van der Waals surface area contributed by atoms with Gasteiger partial charge in [0.15, 0.2) is 0 Å². The van der Waals surface area contributed by atoms with Crippen LogP contribution in [-0.2, 0) is 13.0 Å². The third-order valence-electron chi connectivity index (χ3n) is 4.80. The van der Waals surface area contributed by atoms with Gasteiger partial charge in [-0.05, 0) is 38.5 Å². The molecule has 0 bridgehead atoms. The highest BCUT2D eigenvalue weighted by atomic mass is 35.5. The van der Waals surface area contributed by atoms with E-state index < -0.39 is 5.60 Å². The van der Waals surface area contributed by atoms with Crippen molar-refractivity contribution in [3.63, 3.8) is 0 Å². The van der Waals surface area contributed by atoms with E-state index in [9.17, 15) is 5.11 Å². The van der Waals surface area contributed by atoms with Gasteiger partial charge in [0, 0.05) is 13.0 Å². The number of aromatic nitrogens is 2. The van der Waals surface area contributed by atoms with E-state index in [0.717, 1.165) is 42.2 Å². The topological polar surface area (TPSA) is 38.0 Å². The predicted molar refractivity (Wildman–Crippen MR) is 83.1 cm³/mol. The Balaban J connectivity index is 2.31. The zero-order valence-electron chi connectivity index (χ0n) is 13.1. The summed E-state index contributed by atoms with van der Waals surface area (Å²) in [4.78, 5) is 0. The summed E-state index contributed by atoms with van der Waals surface area (Å²) in [5, 5.41) is 16.4. The van der Waals surface area contributed by atoms with Gasteiger partial charge in [-0.3, -0.25) is 4.68 Å². The van der Waals surface area contributed by atoms with Gasteiger partial charge in [-0.2, -0.15) is 5.10 Å². The maximum absolute atomic E-state index is 11.2. The van der Waals surface area contributed by atoms with Gasteiger partial charge in [0.05, 0.1) is 22.0 Å². The quantitative estimate of drug-likeness (QED) is 0.913. The normalized spacial score (nSPS) is 27.2. The van der Waals surface area contributed by atoms with Crippen LogP contribution in [0.3, 0.4) is 0 Å². The molecule has 114 valence electrons. The zero-order chi connectivity index (χ0) is 14.9. The van der Waals surface area contributed by atoms with Crippen molar-refractivity contribution in [1.29, 1.82) is 0 Å². The molecule has 1 N–H and O–H groups in total. The fourth-order valence-corrected chi connectivity index (χ4v) is 3.95. The number of halogens is 1. The molecule has 0 amide bonds. The van der Waals surface area contributed by atoms with Crippen LogP contribution in [0.4, 0.5) is 0 Å². The van der Waals surface area contributed by atoms with Crippen molar-refractivity contribution in [2.75, 3.05) is 0 Å². The van der Waals surface area contributed by atoms with Gasteiger partial charge < -0.3 is 5.11 Å². The van der Waals surface area contributed by atoms with Crippen molar-refractivity contribution in [2.24, 2.45) is 11.8 Å². The summed E-state index contributed by atoms with van der Waals surface area (Å²) >= 11 is 6.41. The molecule has 1 heterocycles. The SMILES string of the molecule is CCn1nc(C)c(Cl)c1CC1(O)CCCCC1C(C)C. The first-order chi connectivity index (χ1) is 9.39. The van der Waals surface area contributed by atoms with E-state index in [4.69, 9.17) is 11.6 Å². The summed E-state index contributed by atoms with van der Waals surface area (Å²) in [6, 6.07) is 0. The van der Waals surface area contributed by atoms with Crippen LogP contribution in [0.1, 0.15) is 57.8 Å². The first kappa shape index (κ1) is 15.8. The van der Waals surface area contributed by atoms with Crippen molar-refractivity contribution >= 4 is 11.6 Å². The Morgan fingerprint density at radius 2 is 2.15 bits per heavy atom. The smallest absolute Gasteiger partial charge is 0.0848 e. The van der Waals surface area contributed by atoms with E-state index in [1.165, 1.54) is 6.42 Å². The molecule has 1 aromatic rings. The molecule has 4 heteroatoms. The minimum atomic E-state index is -0.630. The van der Waals surface area contributed by atoms with E-state index in [2.05, 4.69) is 25.9 Å². The first-order valence-electron chi connectivity index (χ1n) is 7.83. The monoisotopic (exact) mass is 298 g/mol. The minimum Gasteiger partial charge on any atom is -0.389 e. The molecule has 1 aromatic heterocycles. The predicted octanol–water partition coefficient (Wildman–Crippen LogP) is 3.98. The molecule has 2 atom stereocenters. The van der Waals surface area contributed by atoms with Crippen molar-refractivity contribution < 1.29 is 5.11 Å². The fraction of sp³-hybridized carbons (Fsp3) is 0.812. The van der Waals surface area contributed by atoms with E-state index in [0.29, 0.717) is 18.3 Å². The number of hydrogen-bond donors (Lipinski definition) is 1. The van der Waals surface area contributed by atoms with Crippen LogP contribution >= 0.6 is 11.6 Å². The van der Waals surface area contributed by atoms with E-state index in [1.54, 1.807) is 0 Å². The van der Waals surface area contributed by atoms with E-state index in [-0.39, 0.29) is 0 Å². The van der Waals surface area contributed by atoms with Gasteiger partial charge >= 0.3 is 0 Å². The van der Waals surface area contributed by atoms with Crippen LogP contribution in [0.15, 0.2) is 0 Å². The molecule has 0 saturated heterocycles. The molecule has 1 fully saturated rings. The Morgan fingerprint density at radius 1 is 1.45 bits per heavy atom. The van der Waals surface area contributed by atoms with Crippen molar-refractivity contribution in [3.05, 3.63) is 16.4 Å². The van der Waals surface area contributed by atoms with Crippen LogP contribution in [0.5, 0.6) is 0 Å². The van der Waals surface area contributed by atoms with Crippen molar-refractivity contribution in [2.45, 2.75) is 71.9 Å². The molecule has 3 nitrogen and oxygen atoms in total. The maximum atomic E-state index is 11.2. The standard InChI is InChI=1S/C16H27ClN2O/c1-5-19-14(15(17)12(4)18-19)10-16(20)9-7-6-8-13(16)11(2)3/h11,13,20H,5-10H2,1-4H3. The Bertz CT molecular complexity index is 469. The Hall–Kier alpha value is -0.540. The number of nitrogens with zero attached hydrogens (tertiary/aromatic N) is 2. The summed E-state index contributed by atoms with van der Waals surface area (Å²) < 4.78 is 1.95. The van der Waals surface area contributed by atoms with Gasteiger partial charge in [-0.15, -0.1) is 0 Å². The second-order valence-corrected chi connectivity index (χ2v) is 6.92. The van der Waals surface area contributed by atoms with Gasteiger partial charge in [-0.1, -0.05) is 38.3 Å². The highest BCUT2D eigenvalue weighted by Gasteiger charge is 2.41. The lowest BCUT2D eigenvalue weighted by Crippen LogP contribution is -2.45. The largest absolute Gasteiger partial charge is 0.389 e. The third kappa shape index (κ3) is 2.89. The van der Waals surface area contributed by atoms with Crippen LogP contribution in [0.25, 0.3) is 0 Å². The highest BCUT2D eigenvalue weighted by molar-refractivity contribution is 6.31. The molecule has 0 spiro atoms. The molecule has 0 radical (unpaired) electrons. The molecular formula is C16H27ClN2O. The second kappa shape index (κ2) is 6.07. The van der Waals surface area contributed by atoms with Gasteiger partial charge in [0.25, 0.3) is 0 Å². The summed E-state index contributed by atoms with van der Waals surface area (Å²) in [6.45, 7) is 9.22. The lowest BCUT2D eigenvalue weighted by molar-refractivity contribution is -0.0665. The summed E-state index contributed by atoms with van der Waals surface area (Å²) in [5.41, 5.74) is 1.24. The molecule has 0 aromatic carbocycles. The van der Waals surface area contributed by atoms with Gasteiger partial charge in [0.2, 0.25) is 0 Å². The van der Waals surface area contributed by atoms with Gasteiger partial charge in [-0.25, -0.2) is 0 Å². The molecule has 1 saturated carbocycles. The molecule has 2 unspecified atom stereocenters. The number of hydrogen-bond acceptors (Lipinski definition) is 2. The summed E-state index contributed by atoms with van der Waals surface area (Å²) in [5.74, 6) is 0.853. The minimum absolute atomic E-state index is 0.354. The number of aryl methyl sites for hydroxylation is 2. The van der Waals surface area contributed by atoms with Crippen molar-refractivity contribution in [1.82, 2.24) is 9.78 Å². The second-order valence-electron chi connectivity index (χ2n) is 6.54. The first-order valence-corrected chi connectivity index (χ1v) is 8.21. The number of aliphatic hydroxyl groups is 1. The van der Waals surface area contributed by atoms with Gasteiger partial charge in [0.1, 0.15) is 0 Å². The van der Waals surface area contributed by atoms with E-state index >= 15 is 0 Å². The summed E-state index contributed by atoms with van der Waals surface area (Å²) in [6.07, 6.45) is 4.95.